The second-order valence-corrected chi connectivity index (χ2v) is 8.05. The Morgan fingerprint density at radius 2 is 2.03 bits per heavy atom. The second kappa shape index (κ2) is 5.90. The standard InChI is InChI=1S/C20H21N5O4/c1-18(2)19(8-27-9-19)20(10-28-17(21)25-20)13-7-12(3-4-15(13)29-18)24-16(26)14-5-6-22-11-23-14/h3-7,11H,8-10H2,1-2H3,(H2,21,25)(H,24,26). The maximum atomic E-state index is 12.5. The molecule has 9 nitrogen and oxygen atoms in total. The summed E-state index contributed by atoms with van der Waals surface area (Å²) < 4.78 is 17.6. The van der Waals surface area contributed by atoms with Crippen LogP contribution in [0.2, 0.25) is 0 Å². The molecule has 0 bridgehead atoms. The van der Waals surface area contributed by atoms with Gasteiger partial charge in [0.2, 0.25) is 0 Å². The lowest BCUT2D eigenvalue weighted by Gasteiger charge is -2.61. The first kappa shape index (κ1) is 17.9. The van der Waals surface area contributed by atoms with E-state index < -0.39 is 16.6 Å². The number of carbonyl (C=O) groups excluding carboxylic acids is 1. The number of benzene rings is 1. The number of nitrogens with one attached hydrogen (secondary N) is 1. The SMILES string of the molecule is CC1(C)Oc2ccc(NC(=O)c3ccncn3)cc2C2(COC(N)=N2)C12COC2. The number of hydrogen-bond donors (Lipinski definition) is 2. The number of ether oxygens (including phenoxy) is 3. The smallest absolute Gasteiger partial charge is 0.283 e. The number of anilines is 1. The van der Waals surface area contributed by atoms with Gasteiger partial charge in [0.05, 0.1) is 18.6 Å². The zero-order chi connectivity index (χ0) is 20.3. The van der Waals surface area contributed by atoms with Gasteiger partial charge in [0, 0.05) is 17.4 Å². The van der Waals surface area contributed by atoms with Crippen LogP contribution in [0.25, 0.3) is 0 Å². The van der Waals surface area contributed by atoms with Gasteiger partial charge in [-0.2, -0.15) is 0 Å². The summed E-state index contributed by atoms with van der Waals surface area (Å²) in [5.74, 6) is 0.362. The number of nitrogens with two attached hydrogens (primary N) is 1. The van der Waals surface area contributed by atoms with Crippen LogP contribution in [0.15, 0.2) is 41.8 Å². The highest BCUT2D eigenvalue weighted by Crippen LogP contribution is 2.62. The molecule has 1 saturated heterocycles. The Morgan fingerprint density at radius 3 is 2.66 bits per heavy atom. The fourth-order valence-electron chi connectivity index (χ4n) is 4.48. The van der Waals surface area contributed by atoms with Crippen LogP contribution in [-0.4, -0.2) is 47.3 Å². The average Bonchev–Trinajstić information content (AvgIpc) is 3.03. The minimum absolute atomic E-state index is 0.148. The number of fused-ring (bicyclic) bond motifs is 3. The van der Waals surface area contributed by atoms with Gasteiger partial charge in [0.15, 0.2) is 0 Å². The first-order valence-corrected chi connectivity index (χ1v) is 9.34. The van der Waals surface area contributed by atoms with Gasteiger partial charge in [-0.3, -0.25) is 4.79 Å². The van der Waals surface area contributed by atoms with E-state index in [0.717, 1.165) is 5.56 Å². The molecule has 9 heteroatoms. The molecule has 3 N–H and O–H groups in total. The van der Waals surface area contributed by atoms with Crippen molar-refractivity contribution in [3.63, 3.8) is 0 Å². The van der Waals surface area contributed by atoms with Crippen molar-refractivity contribution >= 4 is 17.6 Å². The van der Waals surface area contributed by atoms with Crippen LogP contribution in [0.3, 0.4) is 0 Å². The van der Waals surface area contributed by atoms with Gasteiger partial charge in [0.25, 0.3) is 11.9 Å². The summed E-state index contributed by atoms with van der Waals surface area (Å²) in [7, 11) is 0. The number of rotatable bonds is 2. The Kier molecular flexibility index (Phi) is 3.63. The molecule has 4 heterocycles. The molecule has 0 aliphatic carbocycles. The highest BCUT2D eigenvalue weighted by Gasteiger charge is 2.71. The van der Waals surface area contributed by atoms with Crippen LogP contribution in [0.4, 0.5) is 5.69 Å². The van der Waals surface area contributed by atoms with Crippen molar-refractivity contribution in [1.82, 2.24) is 9.97 Å². The zero-order valence-electron chi connectivity index (χ0n) is 16.1. The molecule has 3 aliphatic rings. The van der Waals surface area contributed by atoms with E-state index >= 15 is 0 Å². The van der Waals surface area contributed by atoms with Crippen molar-refractivity contribution in [1.29, 1.82) is 0 Å². The summed E-state index contributed by atoms with van der Waals surface area (Å²) in [6.07, 6.45) is 2.85. The maximum absolute atomic E-state index is 12.5. The lowest BCUT2D eigenvalue weighted by Crippen LogP contribution is -2.71. The minimum Gasteiger partial charge on any atom is -0.487 e. The molecule has 3 aliphatic heterocycles. The number of amides is 1. The first-order valence-electron chi connectivity index (χ1n) is 9.34. The molecule has 2 spiro atoms. The topological polar surface area (TPSA) is 121 Å². The molecular weight excluding hydrogens is 374 g/mol. The number of aromatic nitrogens is 2. The van der Waals surface area contributed by atoms with E-state index in [1.54, 1.807) is 12.1 Å². The molecule has 1 aromatic carbocycles. The summed E-state index contributed by atoms with van der Waals surface area (Å²) in [6, 6.07) is 7.20. The molecular formula is C20H21N5O4. The van der Waals surface area contributed by atoms with Gasteiger partial charge in [-0.15, -0.1) is 0 Å². The number of nitrogens with zero attached hydrogens (tertiary/aromatic N) is 3. The monoisotopic (exact) mass is 395 g/mol. The van der Waals surface area contributed by atoms with E-state index in [1.807, 2.05) is 26.0 Å². The summed E-state index contributed by atoms with van der Waals surface area (Å²) in [6.45, 7) is 5.34. The molecule has 0 saturated carbocycles. The molecule has 2 aromatic rings. The number of amidine groups is 1. The first-order chi connectivity index (χ1) is 13.9. The minimum atomic E-state index is -0.748. The summed E-state index contributed by atoms with van der Waals surface area (Å²) in [5, 5.41) is 2.87. The number of aliphatic imine (C=N–C) groups is 1. The fourth-order valence-corrected chi connectivity index (χ4v) is 4.48. The molecule has 1 aromatic heterocycles. The van der Waals surface area contributed by atoms with Gasteiger partial charge < -0.3 is 25.3 Å². The molecule has 1 fully saturated rings. The maximum Gasteiger partial charge on any atom is 0.283 e. The highest BCUT2D eigenvalue weighted by molar-refractivity contribution is 6.02. The van der Waals surface area contributed by atoms with Gasteiger partial charge >= 0.3 is 0 Å². The van der Waals surface area contributed by atoms with Crippen LogP contribution >= 0.6 is 0 Å². The quantitative estimate of drug-likeness (QED) is 0.789. The van der Waals surface area contributed by atoms with Crippen LogP contribution in [-0.2, 0) is 15.0 Å². The third kappa shape index (κ3) is 2.37. The Bertz CT molecular complexity index is 1020. The van der Waals surface area contributed by atoms with Crippen molar-refractivity contribution in [3.05, 3.63) is 48.0 Å². The van der Waals surface area contributed by atoms with E-state index in [1.165, 1.54) is 12.5 Å². The lowest BCUT2D eigenvalue weighted by molar-refractivity contribution is -0.247. The molecule has 1 amide bonds. The predicted octanol–water partition coefficient (Wildman–Crippen LogP) is 1.46. The predicted molar refractivity (Wildman–Crippen MR) is 104 cm³/mol. The van der Waals surface area contributed by atoms with Gasteiger partial charge in [-0.1, -0.05) is 0 Å². The highest BCUT2D eigenvalue weighted by atomic mass is 16.5. The van der Waals surface area contributed by atoms with Crippen molar-refractivity contribution < 1.29 is 19.0 Å². The molecule has 0 radical (unpaired) electrons. The molecule has 1 atom stereocenters. The van der Waals surface area contributed by atoms with Gasteiger partial charge in [-0.25, -0.2) is 15.0 Å². The van der Waals surface area contributed by atoms with Gasteiger partial charge in [-0.05, 0) is 38.1 Å². The Hall–Kier alpha value is -3.20. The van der Waals surface area contributed by atoms with E-state index in [0.29, 0.717) is 31.3 Å². The Morgan fingerprint density at radius 1 is 1.21 bits per heavy atom. The Labute approximate surface area is 167 Å². The van der Waals surface area contributed by atoms with Crippen LogP contribution < -0.4 is 15.8 Å². The van der Waals surface area contributed by atoms with Crippen molar-refractivity contribution in [2.75, 3.05) is 25.1 Å². The number of carbonyl (C=O) groups is 1. The fraction of sp³-hybridized carbons (Fsp3) is 0.400. The largest absolute Gasteiger partial charge is 0.487 e. The third-order valence-electron chi connectivity index (χ3n) is 6.23. The van der Waals surface area contributed by atoms with Crippen LogP contribution in [0, 0.1) is 5.41 Å². The number of hydrogen-bond acceptors (Lipinski definition) is 8. The second-order valence-electron chi connectivity index (χ2n) is 8.05. The van der Waals surface area contributed by atoms with Crippen molar-refractivity contribution in [2.45, 2.75) is 25.0 Å². The van der Waals surface area contributed by atoms with Crippen molar-refractivity contribution in [3.8, 4) is 5.75 Å². The summed E-state index contributed by atoms with van der Waals surface area (Å²) in [4.78, 5) is 25.1. The Balaban J connectivity index is 1.59. The lowest BCUT2D eigenvalue weighted by atomic mass is 9.55. The van der Waals surface area contributed by atoms with Crippen molar-refractivity contribution in [2.24, 2.45) is 16.1 Å². The van der Waals surface area contributed by atoms with Gasteiger partial charge in [0.1, 0.15) is 35.5 Å². The normalized spacial score (nSPS) is 25.4. The van der Waals surface area contributed by atoms with E-state index in [2.05, 4.69) is 15.3 Å². The molecule has 1 unspecified atom stereocenters. The average molecular weight is 395 g/mol. The van der Waals surface area contributed by atoms with Crippen LogP contribution in [0.1, 0.15) is 29.9 Å². The zero-order valence-corrected chi connectivity index (χ0v) is 16.1. The van der Waals surface area contributed by atoms with E-state index in [-0.39, 0.29) is 17.6 Å². The van der Waals surface area contributed by atoms with Crippen LogP contribution in [0.5, 0.6) is 5.75 Å². The van der Waals surface area contributed by atoms with E-state index in [4.69, 9.17) is 24.9 Å². The summed E-state index contributed by atoms with van der Waals surface area (Å²) >= 11 is 0. The molecule has 150 valence electrons. The van der Waals surface area contributed by atoms with E-state index in [9.17, 15) is 4.79 Å². The molecule has 29 heavy (non-hydrogen) atoms. The third-order valence-corrected chi connectivity index (χ3v) is 6.23. The summed E-state index contributed by atoms with van der Waals surface area (Å²) in [5.41, 5.74) is 5.93. The molecule has 5 rings (SSSR count).